The van der Waals surface area contributed by atoms with Crippen LogP contribution in [0.5, 0.6) is 0 Å². The van der Waals surface area contributed by atoms with Crippen molar-refractivity contribution >= 4 is 27.5 Å². The highest BCUT2D eigenvalue weighted by Crippen LogP contribution is 2.25. The third-order valence-corrected chi connectivity index (χ3v) is 4.17. The van der Waals surface area contributed by atoms with Gasteiger partial charge in [0.05, 0.1) is 9.50 Å². The Balaban J connectivity index is 2.25. The molecule has 0 fully saturated rings. The van der Waals surface area contributed by atoms with Crippen molar-refractivity contribution in [1.82, 2.24) is 5.32 Å². The zero-order chi connectivity index (χ0) is 15.4. The summed E-state index contributed by atoms with van der Waals surface area (Å²) >= 11 is 8.83. The molecule has 0 bridgehead atoms. The minimum absolute atomic E-state index is 0.0850. The zero-order valence-electron chi connectivity index (χ0n) is 11.5. The molecular formula is C16H15BrClF2N. The van der Waals surface area contributed by atoms with Crippen LogP contribution >= 0.6 is 27.5 Å². The van der Waals surface area contributed by atoms with E-state index in [0.29, 0.717) is 10.9 Å². The highest BCUT2D eigenvalue weighted by molar-refractivity contribution is 9.10. The van der Waals surface area contributed by atoms with Gasteiger partial charge in [0.1, 0.15) is 11.6 Å². The Bertz CT molecular complexity index is 634. The Morgan fingerprint density at radius 3 is 2.52 bits per heavy atom. The van der Waals surface area contributed by atoms with Gasteiger partial charge in [-0.3, -0.25) is 0 Å². The molecule has 1 unspecified atom stereocenters. The molecular weight excluding hydrogens is 360 g/mol. The molecule has 2 aromatic rings. The van der Waals surface area contributed by atoms with Gasteiger partial charge in [0.25, 0.3) is 0 Å². The first kappa shape index (κ1) is 16.4. The predicted octanol–water partition coefficient (Wildman–Crippen LogP) is 5.27. The maximum absolute atomic E-state index is 13.7. The van der Waals surface area contributed by atoms with E-state index in [0.717, 1.165) is 17.7 Å². The molecule has 0 aliphatic rings. The Morgan fingerprint density at radius 1 is 1.14 bits per heavy atom. The van der Waals surface area contributed by atoms with E-state index in [2.05, 4.69) is 21.2 Å². The molecule has 21 heavy (non-hydrogen) atoms. The summed E-state index contributed by atoms with van der Waals surface area (Å²) in [7, 11) is 0. The average molecular weight is 375 g/mol. The maximum Gasteiger partial charge on any atom is 0.142 e. The fourth-order valence-corrected chi connectivity index (χ4v) is 2.55. The molecule has 2 rings (SSSR count). The van der Waals surface area contributed by atoms with Crippen molar-refractivity contribution in [3.8, 4) is 0 Å². The van der Waals surface area contributed by atoms with Crippen LogP contribution in [0.15, 0.2) is 40.9 Å². The van der Waals surface area contributed by atoms with Crippen LogP contribution in [0.25, 0.3) is 0 Å². The highest BCUT2D eigenvalue weighted by Gasteiger charge is 2.14. The molecule has 0 radical (unpaired) electrons. The summed E-state index contributed by atoms with van der Waals surface area (Å²) in [4.78, 5) is 0. The van der Waals surface area contributed by atoms with E-state index in [4.69, 9.17) is 11.6 Å². The molecule has 1 nitrogen and oxygen atoms in total. The number of likely N-dealkylation sites (N-methyl/N-ethyl adjacent to an activating group) is 1. The van der Waals surface area contributed by atoms with E-state index < -0.39 is 5.82 Å². The van der Waals surface area contributed by atoms with Gasteiger partial charge in [-0.15, -0.1) is 0 Å². The SMILES string of the molecule is CCNC(Cc1ccc(Cl)c(F)c1)c1ccc(Br)c(F)c1. The van der Waals surface area contributed by atoms with Crippen LogP contribution in [0.4, 0.5) is 8.78 Å². The average Bonchev–Trinajstić information content (AvgIpc) is 2.45. The summed E-state index contributed by atoms with van der Waals surface area (Å²) in [6, 6.07) is 9.68. The van der Waals surface area contributed by atoms with Crippen molar-refractivity contribution in [1.29, 1.82) is 0 Å². The van der Waals surface area contributed by atoms with E-state index in [9.17, 15) is 8.78 Å². The first-order valence-electron chi connectivity index (χ1n) is 6.63. The van der Waals surface area contributed by atoms with E-state index in [-0.39, 0.29) is 16.9 Å². The summed E-state index contributed by atoms with van der Waals surface area (Å²) in [6.45, 7) is 2.71. The number of hydrogen-bond acceptors (Lipinski definition) is 1. The van der Waals surface area contributed by atoms with Crippen LogP contribution in [0.3, 0.4) is 0 Å². The summed E-state index contributed by atoms with van der Waals surface area (Å²) in [5, 5.41) is 3.40. The van der Waals surface area contributed by atoms with Crippen molar-refractivity contribution < 1.29 is 8.78 Å². The Kier molecular flexibility index (Phi) is 5.73. The molecule has 1 atom stereocenters. The molecule has 0 amide bonds. The van der Waals surface area contributed by atoms with Gasteiger partial charge >= 0.3 is 0 Å². The first-order chi connectivity index (χ1) is 10.0. The Hall–Kier alpha value is -0.970. The van der Waals surface area contributed by atoms with Crippen LogP contribution < -0.4 is 5.32 Å². The van der Waals surface area contributed by atoms with Crippen LogP contribution in [-0.4, -0.2) is 6.54 Å². The lowest BCUT2D eigenvalue weighted by Gasteiger charge is -2.19. The molecule has 0 spiro atoms. The van der Waals surface area contributed by atoms with E-state index in [1.165, 1.54) is 18.2 Å². The van der Waals surface area contributed by atoms with Gasteiger partial charge in [-0.1, -0.05) is 30.7 Å². The lowest BCUT2D eigenvalue weighted by Crippen LogP contribution is -2.23. The van der Waals surface area contributed by atoms with Gasteiger partial charge in [0.2, 0.25) is 0 Å². The quantitative estimate of drug-likeness (QED) is 0.751. The second-order valence-corrected chi connectivity index (χ2v) is 6.00. The van der Waals surface area contributed by atoms with Gasteiger partial charge in [-0.05, 0) is 64.3 Å². The fraction of sp³-hybridized carbons (Fsp3) is 0.250. The van der Waals surface area contributed by atoms with Crippen molar-refractivity contribution in [3.63, 3.8) is 0 Å². The zero-order valence-corrected chi connectivity index (χ0v) is 13.8. The van der Waals surface area contributed by atoms with Crippen molar-refractivity contribution in [3.05, 3.63) is 68.7 Å². The smallest absolute Gasteiger partial charge is 0.142 e. The minimum Gasteiger partial charge on any atom is -0.310 e. The Morgan fingerprint density at radius 2 is 1.90 bits per heavy atom. The van der Waals surface area contributed by atoms with Gasteiger partial charge in [-0.2, -0.15) is 0 Å². The minimum atomic E-state index is -0.439. The summed E-state index contributed by atoms with van der Waals surface area (Å²) < 4.78 is 27.6. The molecule has 0 aliphatic carbocycles. The number of benzene rings is 2. The van der Waals surface area contributed by atoms with E-state index >= 15 is 0 Å². The molecule has 1 N–H and O–H groups in total. The van der Waals surface area contributed by atoms with Crippen LogP contribution in [0, 0.1) is 11.6 Å². The second-order valence-electron chi connectivity index (χ2n) is 4.74. The molecule has 0 heterocycles. The fourth-order valence-electron chi connectivity index (χ4n) is 2.19. The molecule has 0 aromatic heterocycles. The summed E-state index contributed by atoms with van der Waals surface area (Å²) in [5.41, 5.74) is 1.64. The third kappa shape index (κ3) is 4.25. The maximum atomic E-state index is 13.7. The molecule has 5 heteroatoms. The molecule has 0 saturated heterocycles. The highest BCUT2D eigenvalue weighted by atomic mass is 79.9. The molecule has 0 aliphatic heterocycles. The van der Waals surface area contributed by atoms with Crippen LogP contribution in [0.1, 0.15) is 24.1 Å². The van der Waals surface area contributed by atoms with Crippen molar-refractivity contribution in [2.75, 3.05) is 6.54 Å². The lowest BCUT2D eigenvalue weighted by molar-refractivity contribution is 0.539. The van der Waals surface area contributed by atoms with Crippen molar-refractivity contribution in [2.45, 2.75) is 19.4 Å². The third-order valence-electron chi connectivity index (χ3n) is 3.22. The summed E-state index contributed by atoms with van der Waals surface area (Å²) in [5.74, 6) is -0.746. The van der Waals surface area contributed by atoms with Crippen LogP contribution in [-0.2, 0) is 6.42 Å². The normalized spacial score (nSPS) is 12.4. The van der Waals surface area contributed by atoms with Crippen LogP contribution in [0.2, 0.25) is 5.02 Å². The molecule has 2 aromatic carbocycles. The summed E-state index contributed by atoms with van der Waals surface area (Å²) in [6.07, 6.45) is 0.559. The number of hydrogen-bond donors (Lipinski definition) is 1. The second kappa shape index (κ2) is 7.34. The van der Waals surface area contributed by atoms with Gasteiger partial charge in [-0.25, -0.2) is 8.78 Å². The van der Waals surface area contributed by atoms with Gasteiger partial charge < -0.3 is 5.32 Å². The topological polar surface area (TPSA) is 12.0 Å². The molecule has 0 saturated carbocycles. The number of halogens is 4. The lowest BCUT2D eigenvalue weighted by atomic mass is 9.98. The first-order valence-corrected chi connectivity index (χ1v) is 7.80. The van der Waals surface area contributed by atoms with Crippen molar-refractivity contribution in [2.24, 2.45) is 0 Å². The standard InChI is InChI=1S/C16H15BrClF2N/c1-2-21-16(11-4-5-12(17)14(19)9-11)8-10-3-6-13(18)15(20)7-10/h3-7,9,16,21H,2,8H2,1H3. The van der Waals surface area contributed by atoms with Gasteiger partial charge in [0.15, 0.2) is 0 Å². The van der Waals surface area contributed by atoms with E-state index in [1.807, 2.05) is 13.0 Å². The predicted molar refractivity (Wildman–Crippen MR) is 85.6 cm³/mol. The Labute approximate surface area is 136 Å². The largest absolute Gasteiger partial charge is 0.310 e. The molecule has 112 valence electrons. The number of rotatable bonds is 5. The monoisotopic (exact) mass is 373 g/mol. The number of nitrogens with one attached hydrogen (secondary N) is 1. The van der Waals surface area contributed by atoms with E-state index in [1.54, 1.807) is 12.1 Å². The van der Waals surface area contributed by atoms with Gasteiger partial charge in [0, 0.05) is 6.04 Å².